The van der Waals surface area contributed by atoms with Gasteiger partial charge in [-0.3, -0.25) is 0 Å². The number of carbonyl (C=O) groups is 1. The molecule has 1 saturated carbocycles. The third-order valence-electron chi connectivity index (χ3n) is 6.90. The van der Waals surface area contributed by atoms with Crippen LogP contribution in [0.15, 0.2) is 42.6 Å². The molecule has 0 unspecified atom stereocenters. The second-order valence-electron chi connectivity index (χ2n) is 9.50. The van der Waals surface area contributed by atoms with Crippen LogP contribution in [-0.2, 0) is 19.4 Å². The molecule has 1 fully saturated rings. The van der Waals surface area contributed by atoms with E-state index in [1.54, 1.807) is 12.1 Å². The number of aryl methyl sites for hydroxylation is 2. The molecule has 0 saturated heterocycles. The Morgan fingerprint density at radius 2 is 1.85 bits per heavy atom. The highest BCUT2D eigenvalue weighted by Crippen LogP contribution is 2.27. The third-order valence-corrected chi connectivity index (χ3v) is 6.90. The van der Waals surface area contributed by atoms with Crippen LogP contribution in [0.25, 0.3) is 11.1 Å². The number of carboxylic acid groups (broad SMARTS) is 1. The third kappa shape index (κ3) is 6.31. The summed E-state index contributed by atoms with van der Waals surface area (Å²) in [7, 11) is 0. The number of nitrogens with zero attached hydrogens (tertiary/aromatic N) is 4. The predicted octanol–water partition coefficient (Wildman–Crippen LogP) is 6.33. The van der Waals surface area contributed by atoms with Gasteiger partial charge in [0.25, 0.3) is 0 Å². The number of aromatic carboxylic acids is 1. The molecule has 6 nitrogen and oxygen atoms in total. The zero-order valence-electron chi connectivity index (χ0n) is 20.2. The van der Waals surface area contributed by atoms with Crippen LogP contribution in [0.3, 0.4) is 0 Å². The minimum absolute atomic E-state index is 0.0762. The summed E-state index contributed by atoms with van der Waals surface area (Å²) in [6, 6.07) is 11.6. The Kier molecular flexibility index (Phi) is 8.45. The van der Waals surface area contributed by atoms with Gasteiger partial charge in [-0.05, 0) is 36.0 Å². The van der Waals surface area contributed by atoms with Crippen molar-refractivity contribution in [2.75, 3.05) is 0 Å². The molecular formula is C28H36N4O2. The molecule has 4 rings (SSSR count). The van der Waals surface area contributed by atoms with Crippen molar-refractivity contribution in [1.29, 1.82) is 0 Å². The van der Waals surface area contributed by atoms with Crippen LogP contribution in [0.4, 0.5) is 0 Å². The van der Waals surface area contributed by atoms with Crippen LogP contribution in [0, 0.1) is 5.92 Å². The number of carboxylic acids is 1. The average molecular weight is 461 g/mol. The largest absolute Gasteiger partial charge is 0.476 e. The van der Waals surface area contributed by atoms with Crippen molar-refractivity contribution in [2.45, 2.75) is 84.1 Å². The summed E-state index contributed by atoms with van der Waals surface area (Å²) in [4.78, 5) is 20.5. The quantitative estimate of drug-likeness (QED) is 0.338. The van der Waals surface area contributed by atoms with Crippen LogP contribution in [0.2, 0.25) is 0 Å². The molecule has 34 heavy (non-hydrogen) atoms. The molecule has 3 aromatic rings. The first-order valence-corrected chi connectivity index (χ1v) is 12.8. The molecule has 0 atom stereocenters. The number of hydrogen-bond donors (Lipinski definition) is 1. The Bertz CT molecular complexity index is 1070. The van der Waals surface area contributed by atoms with Crippen molar-refractivity contribution in [3.05, 3.63) is 65.5 Å². The highest BCUT2D eigenvalue weighted by molar-refractivity contribution is 5.93. The SMILES string of the molecule is CCCCCc1nc(CCC2CCCCC2)nn1Cc1ccc(-c2cccnc2C(=O)O)cc1. The summed E-state index contributed by atoms with van der Waals surface area (Å²) in [6.45, 7) is 2.90. The fourth-order valence-electron chi connectivity index (χ4n) is 4.96. The first kappa shape index (κ1) is 24.1. The van der Waals surface area contributed by atoms with Gasteiger partial charge in [0.05, 0.1) is 6.54 Å². The normalized spacial score (nSPS) is 14.4. The second kappa shape index (κ2) is 11.9. The Morgan fingerprint density at radius 3 is 2.59 bits per heavy atom. The summed E-state index contributed by atoms with van der Waals surface area (Å²) in [6.07, 6.45) is 15.0. The zero-order chi connectivity index (χ0) is 23.8. The molecule has 0 amide bonds. The molecule has 2 aromatic heterocycles. The monoisotopic (exact) mass is 460 g/mol. The van der Waals surface area contributed by atoms with Crippen LogP contribution < -0.4 is 0 Å². The van der Waals surface area contributed by atoms with Crippen molar-refractivity contribution < 1.29 is 9.90 Å². The Labute approximate surface area is 202 Å². The number of pyridine rings is 1. The lowest BCUT2D eigenvalue weighted by atomic mass is 9.86. The molecular weight excluding hydrogens is 424 g/mol. The minimum atomic E-state index is -1.01. The van der Waals surface area contributed by atoms with Gasteiger partial charge < -0.3 is 5.11 Å². The lowest BCUT2D eigenvalue weighted by Gasteiger charge is -2.20. The van der Waals surface area contributed by atoms with Crippen molar-refractivity contribution in [1.82, 2.24) is 19.7 Å². The Hall–Kier alpha value is -3.02. The van der Waals surface area contributed by atoms with E-state index < -0.39 is 5.97 Å². The van der Waals surface area contributed by atoms with Crippen LogP contribution in [0.1, 0.15) is 92.4 Å². The summed E-state index contributed by atoms with van der Waals surface area (Å²) in [5.74, 6) is 1.88. The average Bonchev–Trinajstić information content (AvgIpc) is 3.25. The lowest BCUT2D eigenvalue weighted by Crippen LogP contribution is -2.08. The highest BCUT2D eigenvalue weighted by atomic mass is 16.4. The van der Waals surface area contributed by atoms with Gasteiger partial charge in [0, 0.05) is 24.6 Å². The Morgan fingerprint density at radius 1 is 1.06 bits per heavy atom. The number of benzene rings is 1. The number of unbranched alkanes of at least 4 members (excludes halogenated alkanes) is 2. The van der Waals surface area contributed by atoms with Gasteiger partial charge in [-0.1, -0.05) is 82.2 Å². The van der Waals surface area contributed by atoms with Crippen LogP contribution in [0.5, 0.6) is 0 Å². The summed E-state index contributed by atoms with van der Waals surface area (Å²) < 4.78 is 2.08. The van der Waals surface area contributed by atoms with E-state index in [0.29, 0.717) is 12.1 Å². The van der Waals surface area contributed by atoms with E-state index in [1.165, 1.54) is 57.6 Å². The van der Waals surface area contributed by atoms with Crippen molar-refractivity contribution in [3.8, 4) is 11.1 Å². The predicted molar refractivity (Wildman–Crippen MR) is 134 cm³/mol. The lowest BCUT2D eigenvalue weighted by molar-refractivity contribution is 0.0691. The molecule has 6 heteroatoms. The van der Waals surface area contributed by atoms with Gasteiger partial charge in [0.15, 0.2) is 11.5 Å². The smallest absolute Gasteiger partial charge is 0.355 e. The van der Waals surface area contributed by atoms with Gasteiger partial charge in [-0.2, -0.15) is 5.10 Å². The van der Waals surface area contributed by atoms with Gasteiger partial charge in [0.2, 0.25) is 0 Å². The van der Waals surface area contributed by atoms with E-state index in [4.69, 9.17) is 10.1 Å². The van der Waals surface area contributed by atoms with Crippen LogP contribution in [-0.4, -0.2) is 30.8 Å². The summed E-state index contributed by atoms with van der Waals surface area (Å²) in [5, 5.41) is 14.3. The van der Waals surface area contributed by atoms with E-state index >= 15 is 0 Å². The minimum Gasteiger partial charge on any atom is -0.476 e. The van der Waals surface area contributed by atoms with Crippen molar-refractivity contribution >= 4 is 5.97 Å². The first-order chi connectivity index (χ1) is 16.6. The fourth-order valence-corrected chi connectivity index (χ4v) is 4.96. The maximum absolute atomic E-state index is 11.5. The molecule has 0 bridgehead atoms. The van der Waals surface area contributed by atoms with E-state index in [0.717, 1.165) is 48.0 Å². The van der Waals surface area contributed by atoms with Gasteiger partial charge in [-0.15, -0.1) is 0 Å². The molecule has 1 N–H and O–H groups in total. The molecule has 0 aliphatic heterocycles. The highest BCUT2D eigenvalue weighted by Gasteiger charge is 2.17. The fraction of sp³-hybridized carbons (Fsp3) is 0.500. The van der Waals surface area contributed by atoms with Crippen LogP contribution >= 0.6 is 0 Å². The molecule has 180 valence electrons. The number of hydrogen-bond acceptors (Lipinski definition) is 4. The summed E-state index contributed by atoms with van der Waals surface area (Å²) >= 11 is 0. The van der Waals surface area contributed by atoms with E-state index in [2.05, 4.69) is 16.6 Å². The van der Waals surface area contributed by atoms with E-state index in [9.17, 15) is 9.90 Å². The first-order valence-electron chi connectivity index (χ1n) is 12.8. The second-order valence-corrected chi connectivity index (χ2v) is 9.50. The van der Waals surface area contributed by atoms with E-state index in [1.807, 2.05) is 24.3 Å². The Balaban J connectivity index is 1.47. The molecule has 1 aromatic carbocycles. The molecule has 0 spiro atoms. The standard InChI is InChI=1S/C28H36N4O2/c1-2-3-5-12-26-30-25(18-15-21-9-6-4-7-10-21)31-32(26)20-22-13-16-23(17-14-22)24-11-8-19-29-27(24)28(33)34/h8,11,13-14,16-17,19,21H,2-7,9-10,12,15,18,20H2,1H3,(H,33,34). The number of aromatic nitrogens is 4. The maximum Gasteiger partial charge on any atom is 0.355 e. The number of rotatable bonds is 11. The van der Waals surface area contributed by atoms with Gasteiger partial charge in [-0.25, -0.2) is 19.4 Å². The van der Waals surface area contributed by atoms with Crippen molar-refractivity contribution in [3.63, 3.8) is 0 Å². The zero-order valence-corrected chi connectivity index (χ0v) is 20.2. The molecule has 1 aliphatic carbocycles. The van der Waals surface area contributed by atoms with Crippen molar-refractivity contribution in [2.24, 2.45) is 5.92 Å². The maximum atomic E-state index is 11.5. The van der Waals surface area contributed by atoms with Gasteiger partial charge >= 0.3 is 5.97 Å². The molecule has 1 aliphatic rings. The van der Waals surface area contributed by atoms with E-state index in [-0.39, 0.29) is 5.69 Å². The van der Waals surface area contributed by atoms with Gasteiger partial charge in [0.1, 0.15) is 5.82 Å². The molecule has 0 radical (unpaired) electrons. The summed E-state index contributed by atoms with van der Waals surface area (Å²) in [5.41, 5.74) is 2.69. The molecule has 2 heterocycles. The topological polar surface area (TPSA) is 80.9 Å².